The molecule has 0 radical (unpaired) electrons. The highest BCUT2D eigenvalue weighted by Crippen LogP contribution is 2.07. The summed E-state index contributed by atoms with van der Waals surface area (Å²) in [6, 6.07) is 8.12. The largest absolute Gasteiger partial charge is 0.348 e. The number of carbonyl (C=O) groups excluding carboxylic acids is 1. The zero-order valence-corrected chi connectivity index (χ0v) is 11.9. The Kier molecular flexibility index (Phi) is 4.53. The van der Waals surface area contributed by atoms with Crippen molar-refractivity contribution >= 4 is 5.91 Å². The Morgan fingerprint density at radius 1 is 1.30 bits per heavy atom. The van der Waals surface area contributed by atoms with Crippen LogP contribution in [0.15, 0.2) is 30.5 Å². The summed E-state index contributed by atoms with van der Waals surface area (Å²) in [5.41, 5.74) is 9.15. The molecule has 2 rings (SSSR count). The molecule has 1 amide bonds. The summed E-state index contributed by atoms with van der Waals surface area (Å²) in [6.07, 6.45) is 2.61. The number of nitrogens with two attached hydrogens (primary N) is 1. The molecule has 20 heavy (non-hydrogen) atoms. The van der Waals surface area contributed by atoms with Gasteiger partial charge in [-0.05, 0) is 31.0 Å². The van der Waals surface area contributed by atoms with Gasteiger partial charge in [0.15, 0.2) is 0 Å². The first kappa shape index (κ1) is 14.3. The maximum atomic E-state index is 12.0. The molecule has 0 atom stereocenters. The molecular formula is C15H20N4O. The number of hydrogen-bond acceptors (Lipinski definition) is 3. The van der Waals surface area contributed by atoms with Crippen molar-refractivity contribution in [3.05, 3.63) is 52.8 Å². The number of carbonyl (C=O) groups is 1. The second kappa shape index (κ2) is 6.34. The van der Waals surface area contributed by atoms with Gasteiger partial charge in [0.05, 0.1) is 11.3 Å². The molecule has 0 saturated heterocycles. The molecule has 1 aromatic carbocycles. The van der Waals surface area contributed by atoms with Gasteiger partial charge in [-0.15, -0.1) is 0 Å². The van der Waals surface area contributed by atoms with E-state index in [0.29, 0.717) is 18.7 Å². The van der Waals surface area contributed by atoms with Crippen LogP contribution in [-0.4, -0.2) is 22.2 Å². The molecule has 3 N–H and O–H groups in total. The van der Waals surface area contributed by atoms with E-state index < -0.39 is 0 Å². The van der Waals surface area contributed by atoms with Crippen LogP contribution in [0, 0.1) is 6.92 Å². The Hall–Kier alpha value is -2.14. The minimum atomic E-state index is -0.0957. The zero-order valence-electron chi connectivity index (χ0n) is 11.9. The number of hydrogen-bond donors (Lipinski definition) is 2. The zero-order chi connectivity index (χ0) is 14.5. The smallest absolute Gasteiger partial charge is 0.255 e. The molecule has 1 aromatic heterocycles. The maximum Gasteiger partial charge on any atom is 0.255 e. The lowest BCUT2D eigenvalue weighted by atomic mass is 10.1. The van der Waals surface area contributed by atoms with Gasteiger partial charge < -0.3 is 11.1 Å². The Morgan fingerprint density at radius 3 is 2.50 bits per heavy atom. The molecule has 0 spiro atoms. The number of rotatable bonds is 5. The second-order valence-corrected chi connectivity index (χ2v) is 4.84. The fourth-order valence-electron chi connectivity index (χ4n) is 2.09. The molecule has 5 heteroatoms. The van der Waals surface area contributed by atoms with E-state index in [9.17, 15) is 4.79 Å². The van der Waals surface area contributed by atoms with Gasteiger partial charge in [0, 0.05) is 19.8 Å². The first-order chi connectivity index (χ1) is 9.60. The third kappa shape index (κ3) is 3.45. The molecular weight excluding hydrogens is 252 g/mol. The third-order valence-corrected chi connectivity index (χ3v) is 3.17. The van der Waals surface area contributed by atoms with Crippen molar-refractivity contribution in [1.82, 2.24) is 15.1 Å². The van der Waals surface area contributed by atoms with Crippen molar-refractivity contribution in [2.45, 2.75) is 19.9 Å². The lowest BCUT2D eigenvalue weighted by Crippen LogP contribution is -2.23. The summed E-state index contributed by atoms with van der Waals surface area (Å²) in [7, 11) is 1.81. The van der Waals surface area contributed by atoms with Gasteiger partial charge in [-0.3, -0.25) is 9.48 Å². The first-order valence-corrected chi connectivity index (χ1v) is 6.66. The van der Waals surface area contributed by atoms with E-state index in [0.717, 1.165) is 17.7 Å². The van der Waals surface area contributed by atoms with Crippen LogP contribution in [0.3, 0.4) is 0 Å². The molecule has 0 fully saturated rings. The van der Waals surface area contributed by atoms with Crippen molar-refractivity contribution in [2.24, 2.45) is 12.8 Å². The van der Waals surface area contributed by atoms with Crippen molar-refractivity contribution in [2.75, 3.05) is 6.54 Å². The lowest BCUT2D eigenvalue weighted by molar-refractivity contribution is 0.0950. The minimum Gasteiger partial charge on any atom is -0.348 e. The monoisotopic (exact) mass is 272 g/mol. The minimum absolute atomic E-state index is 0.0957. The molecule has 0 unspecified atom stereocenters. The van der Waals surface area contributed by atoms with Gasteiger partial charge in [0.1, 0.15) is 0 Å². The van der Waals surface area contributed by atoms with Crippen LogP contribution in [0.4, 0.5) is 0 Å². The summed E-state index contributed by atoms with van der Waals surface area (Å²) in [5, 5.41) is 7.07. The van der Waals surface area contributed by atoms with E-state index >= 15 is 0 Å². The molecule has 5 nitrogen and oxygen atoms in total. The van der Waals surface area contributed by atoms with Gasteiger partial charge in [-0.2, -0.15) is 5.10 Å². The summed E-state index contributed by atoms with van der Waals surface area (Å²) in [4.78, 5) is 12.0. The van der Waals surface area contributed by atoms with Crippen LogP contribution >= 0.6 is 0 Å². The lowest BCUT2D eigenvalue weighted by Gasteiger charge is -2.05. The second-order valence-electron chi connectivity index (χ2n) is 4.84. The predicted molar refractivity (Wildman–Crippen MR) is 78.3 cm³/mol. The first-order valence-electron chi connectivity index (χ1n) is 6.66. The van der Waals surface area contributed by atoms with E-state index in [1.54, 1.807) is 17.9 Å². The number of amides is 1. The summed E-state index contributed by atoms with van der Waals surface area (Å²) < 4.78 is 1.64. The van der Waals surface area contributed by atoms with Crippen LogP contribution in [-0.2, 0) is 20.0 Å². The molecule has 0 saturated carbocycles. The molecule has 0 aliphatic carbocycles. The highest BCUT2D eigenvalue weighted by Gasteiger charge is 2.11. The summed E-state index contributed by atoms with van der Waals surface area (Å²) in [6.45, 7) is 2.99. The Balaban J connectivity index is 1.94. The SMILES string of the molecule is Cc1nn(C)cc1C(=O)NCc1ccc(CCN)cc1. The van der Waals surface area contributed by atoms with Crippen molar-refractivity contribution in [3.8, 4) is 0 Å². The topological polar surface area (TPSA) is 72.9 Å². The highest BCUT2D eigenvalue weighted by molar-refractivity contribution is 5.94. The van der Waals surface area contributed by atoms with Gasteiger partial charge in [0.25, 0.3) is 5.91 Å². The Labute approximate surface area is 118 Å². The average molecular weight is 272 g/mol. The number of nitrogens with one attached hydrogen (secondary N) is 1. The molecule has 0 aliphatic heterocycles. The van der Waals surface area contributed by atoms with E-state index in [1.807, 2.05) is 31.2 Å². The molecule has 0 aliphatic rings. The van der Waals surface area contributed by atoms with E-state index in [1.165, 1.54) is 5.56 Å². The standard InChI is InChI=1S/C15H20N4O/c1-11-14(10-19(2)18-11)15(20)17-9-13-5-3-12(4-6-13)7-8-16/h3-6,10H,7-9,16H2,1-2H3,(H,17,20). The van der Waals surface area contributed by atoms with Crippen LogP contribution in [0.1, 0.15) is 27.2 Å². The van der Waals surface area contributed by atoms with Gasteiger partial charge in [-0.1, -0.05) is 24.3 Å². The quantitative estimate of drug-likeness (QED) is 0.858. The van der Waals surface area contributed by atoms with Gasteiger partial charge in [-0.25, -0.2) is 0 Å². The Morgan fingerprint density at radius 2 is 1.95 bits per heavy atom. The van der Waals surface area contributed by atoms with Gasteiger partial charge >= 0.3 is 0 Å². The number of benzene rings is 1. The third-order valence-electron chi connectivity index (χ3n) is 3.17. The van der Waals surface area contributed by atoms with E-state index in [2.05, 4.69) is 10.4 Å². The van der Waals surface area contributed by atoms with Crippen LogP contribution in [0.5, 0.6) is 0 Å². The number of nitrogens with zero attached hydrogens (tertiary/aromatic N) is 2. The van der Waals surface area contributed by atoms with Crippen LogP contribution in [0.2, 0.25) is 0 Å². The maximum absolute atomic E-state index is 12.0. The normalized spacial score (nSPS) is 10.6. The fourth-order valence-corrected chi connectivity index (χ4v) is 2.09. The number of aryl methyl sites for hydroxylation is 2. The number of aromatic nitrogens is 2. The van der Waals surface area contributed by atoms with Crippen molar-refractivity contribution in [1.29, 1.82) is 0 Å². The summed E-state index contributed by atoms with van der Waals surface area (Å²) in [5.74, 6) is -0.0957. The van der Waals surface area contributed by atoms with E-state index in [4.69, 9.17) is 5.73 Å². The average Bonchev–Trinajstić information content (AvgIpc) is 2.77. The molecule has 1 heterocycles. The fraction of sp³-hybridized carbons (Fsp3) is 0.333. The van der Waals surface area contributed by atoms with Gasteiger partial charge in [0.2, 0.25) is 0 Å². The molecule has 0 bridgehead atoms. The van der Waals surface area contributed by atoms with Crippen molar-refractivity contribution < 1.29 is 4.79 Å². The highest BCUT2D eigenvalue weighted by atomic mass is 16.1. The molecule has 106 valence electrons. The van der Waals surface area contributed by atoms with Crippen molar-refractivity contribution in [3.63, 3.8) is 0 Å². The Bertz CT molecular complexity index is 586. The van der Waals surface area contributed by atoms with E-state index in [-0.39, 0.29) is 5.91 Å². The summed E-state index contributed by atoms with van der Waals surface area (Å²) >= 11 is 0. The van der Waals surface area contributed by atoms with Crippen LogP contribution < -0.4 is 11.1 Å². The van der Waals surface area contributed by atoms with Crippen LogP contribution in [0.25, 0.3) is 0 Å². The predicted octanol–water partition coefficient (Wildman–Crippen LogP) is 1.16. The molecule has 2 aromatic rings.